The smallest absolute Gasteiger partial charge is 0.0642 e. The number of nitrogens with two attached hydrogens (primary N) is 1. The lowest BCUT2D eigenvalue weighted by Gasteiger charge is -2.07. The lowest BCUT2D eigenvalue weighted by atomic mass is 10.1. The van der Waals surface area contributed by atoms with Crippen molar-refractivity contribution in [3.63, 3.8) is 0 Å². The largest absolute Gasteiger partial charge is 0.348 e. The van der Waals surface area contributed by atoms with Gasteiger partial charge in [-0.3, -0.25) is 4.98 Å². The Bertz CT molecular complexity index is 448. The summed E-state index contributed by atoms with van der Waals surface area (Å²) in [4.78, 5) is 4.31. The van der Waals surface area contributed by atoms with Gasteiger partial charge in [-0.05, 0) is 30.2 Å². The SMILES string of the molecule is CCCC(N)c1ccn(Cc2ccccn2)c1. The van der Waals surface area contributed by atoms with Crippen molar-refractivity contribution < 1.29 is 0 Å². The Morgan fingerprint density at radius 2 is 2.24 bits per heavy atom. The zero-order valence-corrected chi connectivity index (χ0v) is 10.2. The summed E-state index contributed by atoms with van der Waals surface area (Å²) < 4.78 is 2.13. The molecule has 3 heteroatoms. The molecule has 0 aliphatic heterocycles. The van der Waals surface area contributed by atoms with E-state index in [1.54, 1.807) is 0 Å². The van der Waals surface area contributed by atoms with Gasteiger partial charge in [-0.2, -0.15) is 0 Å². The Labute approximate surface area is 102 Å². The first-order valence-corrected chi connectivity index (χ1v) is 6.10. The maximum absolute atomic E-state index is 6.08. The molecule has 2 aromatic rings. The molecule has 1 unspecified atom stereocenters. The van der Waals surface area contributed by atoms with Gasteiger partial charge in [-0.15, -0.1) is 0 Å². The summed E-state index contributed by atoms with van der Waals surface area (Å²) in [7, 11) is 0. The minimum atomic E-state index is 0.157. The molecular formula is C14H19N3. The van der Waals surface area contributed by atoms with E-state index < -0.39 is 0 Å². The molecule has 1 atom stereocenters. The second-order valence-corrected chi connectivity index (χ2v) is 4.33. The van der Waals surface area contributed by atoms with Crippen molar-refractivity contribution in [2.75, 3.05) is 0 Å². The molecule has 0 spiro atoms. The van der Waals surface area contributed by atoms with E-state index in [1.807, 2.05) is 24.4 Å². The van der Waals surface area contributed by atoms with E-state index in [-0.39, 0.29) is 6.04 Å². The van der Waals surface area contributed by atoms with E-state index in [0.29, 0.717) is 0 Å². The maximum Gasteiger partial charge on any atom is 0.0642 e. The van der Waals surface area contributed by atoms with Gasteiger partial charge in [0.1, 0.15) is 0 Å². The van der Waals surface area contributed by atoms with Gasteiger partial charge >= 0.3 is 0 Å². The van der Waals surface area contributed by atoms with E-state index in [1.165, 1.54) is 5.56 Å². The molecule has 0 bridgehead atoms. The van der Waals surface area contributed by atoms with Crippen LogP contribution in [0.1, 0.15) is 37.1 Å². The molecule has 0 radical (unpaired) electrons. The Morgan fingerprint density at radius 1 is 1.35 bits per heavy atom. The molecule has 0 amide bonds. The summed E-state index contributed by atoms with van der Waals surface area (Å²) in [5.41, 5.74) is 8.36. The minimum absolute atomic E-state index is 0.157. The molecule has 0 aromatic carbocycles. The van der Waals surface area contributed by atoms with Crippen LogP contribution in [0.4, 0.5) is 0 Å². The molecule has 3 nitrogen and oxygen atoms in total. The van der Waals surface area contributed by atoms with Crippen molar-refractivity contribution in [2.24, 2.45) is 5.73 Å². The van der Waals surface area contributed by atoms with Crippen LogP contribution >= 0.6 is 0 Å². The molecule has 90 valence electrons. The van der Waals surface area contributed by atoms with Crippen LogP contribution in [0.25, 0.3) is 0 Å². The lowest BCUT2D eigenvalue weighted by molar-refractivity contribution is 0.635. The van der Waals surface area contributed by atoms with Crippen LogP contribution in [0.5, 0.6) is 0 Å². The summed E-state index contributed by atoms with van der Waals surface area (Å²) in [6.07, 6.45) is 8.16. The third-order valence-corrected chi connectivity index (χ3v) is 2.87. The van der Waals surface area contributed by atoms with Crippen LogP contribution in [0, 0.1) is 0 Å². The zero-order valence-electron chi connectivity index (χ0n) is 10.2. The third kappa shape index (κ3) is 3.17. The molecule has 2 heterocycles. The van der Waals surface area contributed by atoms with Crippen molar-refractivity contribution >= 4 is 0 Å². The first-order chi connectivity index (χ1) is 8.29. The molecule has 2 aromatic heterocycles. The third-order valence-electron chi connectivity index (χ3n) is 2.87. The molecule has 17 heavy (non-hydrogen) atoms. The fourth-order valence-electron chi connectivity index (χ4n) is 1.93. The summed E-state index contributed by atoms with van der Waals surface area (Å²) >= 11 is 0. The summed E-state index contributed by atoms with van der Waals surface area (Å²) in [5, 5.41) is 0. The number of nitrogens with zero attached hydrogens (tertiary/aromatic N) is 2. The quantitative estimate of drug-likeness (QED) is 0.856. The average molecular weight is 229 g/mol. The molecule has 0 aliphatic carbocycles. The number of aromatic nitrogens is 2. The van der Waals surface area contributed by atoms with Gasteiger partial charge in [-0.25, -0.2) is 0 Å². The van der Waals surface area contributed by atoms with Crippen molar-refractivity contribution in [1.29, 1.82) is 0 Å². The highest BCUT2D eigenvalue weighted by Crippen LogP contribution is 2.16. The minimum Gasteiger partial charge on any atom is -0.348 e. The van der Waals surface area contributed by atoms with Crippen LogP contribution in [-0.2, 0) is 6.54 Å². The van der Waals surface area contributed by atoms with E-state index in [0.717, 1.165) is 25.1 Å². The standard InChI is InChI=1S/C14H19N3/c1-2-5-14(15)12-7-9-17(10-12)11-13-6-3-4-8-16-13/h3-4,6-10,14H,2,5,11,15H2,1H3. The Morgan fingerprint density at radius 3 is 2.94 bits per heavy atom. The van der Waals surface area contributed by atoms with Crippen LogP contribution in [0.15, 0.2) is 42.9 Å². The highest BCUT2D eigenvalue weighted by molar-refractivity contribution is 5.16. The van der Waals surface area contributed by atoms with Crippen molar-refractivity contribution in [3.05, 3.63) is 54.1 Å². The maximum atomic E-state index is 6.08. The van der Waals surface area contributed by atoms with E-state index in [4.69, 9.17) is 5.73 Å². The van der Waals surface area contributed by atoms with Gasteiger partial charge in [0, 0.05) is 24.6 Å². The first-order valence-electron chi connectivity index (χ1n) is 6.10. The van der Waals surface area contributed by atoms with Crippen LogP contribution in [0.3, 0.4) is 0 Å². The van der Waals surface area contributed by atoms with E-state index >= 15 is 0 Å². The van der Waals surface area contributed by atoms with Gasteiger partial charge in [-0.1, -0.05) is 19.4 Å². The fourth-order valence-corrected chi connectivity index (χ4v) is 1.93. The van der Waals surface area contributed by atoms with Crippen LogP contribution in [0.2, 0.25) is 0 Å². The second-order valence-electron chi connectivity index (χ2n) is 4.33. The monoisotopic (exact) mass is 229 g/mol. The molecule has 0 fully saturated rings. The number of pyridine rings is 1. The molecular weight excluding hydrogens is 210 g/mol. The molecule has 2 N–H and O–H groups in total. The van der Waals surface area contributed by atoms with E-state index in [2.05, 4.69) is 34.9 Å². The predicted molar refractivity (Wildman–Crippen MR) is 69.6 cm³/mol. The molecule has 0 saturated carbocycles. The first kappa shape index (κ1) is 11.9. The normalized spacial score (nSPS) is 12.6. The van der Waals surface area contributed by atoms with Gasteiger partial charge in [0.15, 0.2) is 0 Å². The lowest BCUT2D eigenvalue weighted by Crippen LogP contribution is -2.08. The summed E-state index contributed by atoms with van der Waals surface area (Å²) in [6, 6.07) is 8.23. The highest BCUT2D eigenvalue weighted by atomic mass is 15.0. The van der Waals surface area contributed by atoms with Crippen molar-refractivity contribution in [2.45, 2.75) is 32.4 Å². The number of hydrogen-bond acceptors (Lipinski definition) is 2. The van der Waals surface area contributed by atoms with Crippen LogP contribution < -0.4 is 5.73 Å². The Balaban J connectivity index is 2.04. The molecule has 0 saturated heterocycles. The Kier molecular flexibility index (Phi) is 3.94. The van der Waals surface area contributed by atoms with Gasteiger partial charge < -0.3 is 10.3 Å². The second kappa shape index (κ2) is 5.64. The fraction of sp³-hybridized carbons (Fsp3) is 0.357. The highest BCUT2D eigenvalue weighted by Gasteiger charge is 2.06. The Hall–Kier alpha value is -1.61. The average Bonchev–Trinajstić information content (AvgIpc) is 2.79. The van der Waals surface area contributed by atoms with Gasteiger partial charge in [0.05, 0.1) is 12.2 Å². The predicted octanol–water partition coefficient (Wildman–Crippen LogP) is 2.73. The van der Waals surface area contributed by atoms with E-state index in [9.17, 15) is 0 Å². The molecule has 0 aliphatic rings. The van der Waals surface area contributed by atoms with Crippen molar-refractivity contribution in [1.82, 2.24) is 9.55 Å². The number of hydrogen-bond donors (Lipinski definition) is 1. The van der Waals surface area contributed by atoms with Gasteiger partial charge in [0.25, 0.3) is 0 Å². The zero-order chi connectivity index (χ0) is 12.1. The molecule has 2 rings (SSSR count). The topological polar surface area (TPSA) is 43.8 Å². The number of rotatable bonds is 5. The van der Waals surface area contributed by atoms with Crippen LogP contribution in [-0.4, -0.2) is 9.55 Å². The summed E-state index contributed by atoms with van der Waals surface area (Å²) in [6.45, 7) is 2.96. The van der Waals surface area contributed by atoms with Crippen molar-refractivity contribution in [3.8, 4) is 0 Å². The summed E-state index contributed by atoms with van der Waals surface area (Å²) in [5.74, 6) is 0. The van der Waals surface area contributed by atoms with Gasteiger partial charge in [0.2, 0.25) is 0 Å².